The van der Waals surface area contributed by atoms with E-state index in [1.807, 2.05) is 13.8 Å². The van der Waals surface area contributed by atoms with Crippen LogP contribution in [0.2, 0.25) is 0 Å². The summed E-state index contributed by atoms with van der Waals surface area (Å²) in [4.78, 5) is 0. The van der Waals surface area contributed by atoms with Gasteiger partial charge in [0, 0.05) is 13.1 Å². The Morgan fingerprint density at radius 1 is 1.06 bits per heavy atom. The Morgan fingerprint density at radius 2 is 1.65 bits per heavy atom. The van der Waals surface area contributed by atoms with Gasteiger partial charge in [0.1, 0.15) is 0 Å². The second-order valence-electron chi connectivity index (χ2n) is 4.66. The first-order chi connectivity index (χ1) is 8.15. The molecule has 96 valence electrons. The van der Waals surface area contributed by atoms with Crippen LogP contribution in [-0.4, -0.2) is 17.3 Å². The molecule has 0 aromatic heterocycles. The molecule has 0 aliphatic carbocycles. The highest BCUT2D eigenvalue weighted by Crippen LogP contribution is 2.14. The first-order valence-corrected chi connectivity index (χ1v) is 6.65. The van der Waals surface area contributed by atoms with Crippen molar-refractivity contribution in [3.63, 3.8) is 0 Å². The first kappa shape index (κ1) is 14.2. The smallest absolute Gasteiger partial charge is 0.0766 e. The molecule has 0 bridgehead atoms. The fourth-order valence-corrected chi connectivity index (χ4v) is 2.00. The first-order valence-electron chi connectivity index (χ1n) is 6.65. The van der Waals surface area contributed by atoms with E-state index in [-0.39, 0.29) is 0 Å². The lowest BCUT2D eigenvalue weighted by Gasteiger charge is -2.25. The third-order valence-electron chi connectivity index (χ3n) is 3.59. The van der Waals surface area contributed by atoms with Gasteiger partial charge < -0.3 is 10.4 Å². The molecule has 1 aromatic carbocycles. The summed E-state index contributed by atoms with van der Waals surface area (Å²) in [6, 6.07) is 8.48. The number of aliphatic hydroxyl groups is 1. The summed E-state index contributed by atoms with van der Waals surface area (Å²) in [5, 5.41) is 13.5. The minimum Gasteiger partial charge on any atom is -0.389 e. The van der Waals surface area contributed by atoms with E-state index in [2.05, 4.69) is 36.5 Å². The van der Waals surface area contributed by atoms with E-state index in [4.69, 9.17) is 0 Å². The average molecular weight is 235 g/mol. The van der Waals surface area contributed by atoms with Crippen LogP contribution in [0.4, 0.5) is 0 Å². The van der Waals surface area contributed by atoms with Gasteiger partial charge in [0.25, 0.3) is 0 Å². The van der Waals surface area contributed by atoms with E-state index in [1.165, 1.54) is 11.1 Å². The highest BCUT2D eigenvalue weighted by molar-refractivity contribution is 5.26. The van der Waals surface area contributed by atoms with Gasteiger partial charge in [0.05, 0.1) is 5.60 Å². The van der Waals surface area contributed by atoms with Gasteiger partial charge in [-0.1, -0.05) is 45.0 Å². The van der Waals surface area contributed by atoms with Crippen LogP contribution < -0.4 is 5.32 Å². The zero-order chi connectivity index (χ0) is 12.7. The molecule has 0 aliphatic rings. The van der Waals surface area contributed by atoms with E-state index in [1.54, 1.807) is 0 Å². The van der Waals surface area contributed by atoms with Crippen LogP contribution in [0, 0.1) is 0 Å². The van der Waals surface area contributed by atoms with Crippen LogP contribution in [0.3, 0.4) is 0 Å². The highest BCUT2D eigenvalue weighted by atomic mass is 16.3. The van der Waals surface area contributed by atoms with Crippen molar-refractivity contribution >= 4 is 0 Å². The number of aryl methyl sites for hydroxylation is 1. The van der Waals surface area contributed by atoms with Crippen LogP contribution >= 0.6 is 0 Å². The van der Waals surface area contributed by atoms with Crippen LogP contribution in [0.15, 0.2) is 24.3 Å². The molecule has 2 N–H and O–H groups in total. The van der Waals surface area contributed by atoms with Gasteiger partial charge in [-0.05, 0) is 30.4 Å². The zero-order valence-corrected chi connectivity index (χ0v) is 11.3. The molecule has 1 aromatic rings. The molecule has 0 atom stereocenters. The van der Waals surface area contributed by atoms with Gasteiger partial charge >= 0.3 is 0 Å². The largest absolute Gasteiger partial charge is 0.389 e. The van der Waals surface area contributed by atoms with E-state index in [9.17, 15) is 5.11 Å². The molecule has 0 unspecified atom stereocenters. The Labute approximate surface area is 105 Å². The van der Waals surface area contributed by atoms with Crippen LogP contribution in [0.25, 0.3) is 0 Å². The summed E-state index contributed by atoms with van der Waals surface area (Å²) in [7, 11) is 0. The van der Waals surface area contributed by atoms with Gasteiger partial charge in [-0.15, -0.1) is 0 Å². The monoisotopic (exact) mass is 235 g/mol. The Bertz CT molecular complexity index is 331. The number of benzene rings is 1. The fourth-order valence-electron chi connectivity index (χ4n) is 2.00. The molecule has 2 heteroatoms. The topological polar surface area (TPSA) is 32.3 Å². The van der Waals surface area contributed by atoms with Crippen molar-refractivity contribution < 1.29 is 5.11 Å². The van der Waals surface area contributed by atoms with Gasteiger partial charge in [-0.3, -0.25) is 0 Å². The van der Waals surface area contributed by atoms with Crippen LogP contribution in [-0.2, 0) is 13.0 Å². The Kier molecular flexibility index (Phi) is 5.66. The lowest BCUT2D eigenvalue weighted by atomic mass is 9.97. The number of nitrogens with one attached hydrogen (secondary N) is 1. The molecule has 1 rings (SSSR count). The summed E-state index contributed by atoms with van der Waals surface area (Å²) < 4.78 is 0. The number of hydrogen-bond donors (Lipinski definition) is 2. The highest BCUT2D eigenvalue weighted by Gasteiger charge is 2.21. The van der Waals surface area contributed by atoms with Crippen LogP contribution in [0.5, 0.6) is 0 Å². The summed E-state index contributed by atoms with van der Waals surface area (Å²) in [6.45, 7) is 7.74. The fraction of sp³-hybridized carbons (Fsp3) is 0.600. The summed E-state index contributed by atoms with van der Waals surface area (Å²) >= 11 is 0. The van der Waals surface area contributed by atoms with Gasteiger partial charge in [-0.2, -0.15) is 0 Å². The molecule has 2 nitrogen and oxygen atoms in total. The maximum absolute atomic E-state index is 10.2. The summed E-state index contributed by atoms with van der Waals surface area (Å²) in [5.41, 5.74) is 2.17. The Hall–Kier alpha value is -0.860. The molecule has 0 radical (unpaired) electrons. The normalized spacial score (nSPS) is 11.8. The SMILES string of the molecule is CCc1ccccc1CNCC(O)(CC)CC. The molecule has 0 saturated carbocycles. The predicted octanol–water partition coefficient (Wildman–Crippen LogP) is 2.89. The molecule has 0 heterocycles. The van der Waals surface area contributed by atoms with Crippen molar-refractivity contribution in [1.82, 2.24) is 5.32 Å². The van der Waals surface area contributed by atoms with Crippen molar-refractivity contribution in [2.24, 2.45) is 0 Å². The quantitative estimate of drug-likeness (QED) is 0.761. The van der Waals surface area contributed by atoms with Crippen LogP contribution in [0.1, 0.15) is 44.7 Å². The lowest BCUT2D eigenvalue weighted by Crippen LogP contribution is -2.39. The molecule has 0 saturated heterocycles. The van der Waals surface area contributed by atoms with E-state index in [0.717, 1.165) is 25.8 Å². The van der Waals surface area contributed by atoms with Crippen molar-refractivity contribution in [3.8, 4) is 0 Å². The van der Waals surface area contributed by atoms with Gasteiger partial charge in [0.15, 0.2) is 0 Å². The Morgan fingerprint density at radius 3 is 2.18 bits per heavy atom. The predicted molar refractivity (Wildman–Crippen MR) is 73.1 cm³/mol. The zero-order valence-electron chi connectivity index (χ0n) is 11.3. The minimum absolute atomic E-state index is 0.554. The van der Waals surface area contributed by atoms with Crippen molar-refractivity contribution in [2.45, 2.75) is 52.2 Å². The minimum atomic E-state index is -0.554. The number of rotatable bonds is 7. The van der Waals surface area contributed by atoms with E-state index in [0.29, 0.717) is 6.54 Å². The third kappa shape index (κ3) is 4.14. The van der Waals surface area contributed by atoms with Gasteiger partial charge in [-0.25, -0.2) is 0 Å². The van der Waals surface area contributed by atoms with Gasteiger partial charge in [0.2, 0.25) is 0 Å². The maximum atomic E-state index is 10.2. The summed E-state index contributed by atoms with van der Waals surface area (Å²) in [6.07, 6.45) is 2.65. The third-order valence-corrected chi connectivity index (χ3v) is 3.59. The Balaban J connectivity index is 2.51. The molecular formula is C15H25NO. The average Bonchev–Trinajstić information content (AvgIpc) is 2.39. The van der Waals surface area contributed by atoms with Crippen molar-refractivity contribution in [2.75, 3.05) is 6.54 Å². The molecular weight excluding hydrogens is 210 g/mol. The second-order valence-corrected chi connectivity index (χ2v) is 4.66. The number of hydrogen-bond acceptors (Lipinski definition) is 2. The standard InChI is InChI=1S/C15H25NO/c1-4-13-9-7-8-10-14(13)11-16-12-15(17,5-2)6-3/h7-10,16-17H,4-6,11-12H2,1-3H3. The molecule has 0 amide bonds. The molecule has 0 spiro atoms. The lowest BCUT2D eigenvalue weighted by molar-refractivity contribution is 0.0323. The van der Waals surface area contributed by atoms with E-state index >= 15 is 0 Å². The molecule has 0 aliphatic heterocycles. The molecule has 0 fully saturated rings. The summed E-state index contributed by atoms with van der Waals surface area (Å²) in [5.74, 6) is 0. The molecule has 17 heavy (non-hydrogen) atoms. The second kappa shape index (κ2) is 6.77. The van der Waals surface area contributed by atoms with Crippen molar-refractivity contribution in [3.05, 3.63) is 35.4 Å². The maximum Gasteiger partial charge on any atom is 0.0766 e. The van der Waals surface area contributed by atoms with Crippen molar-refractivity contribution in [1.29, 1.82) is 0 Å². The van der Waals surface area contributed by atoms with E-state index < -0.39 is 5.60 Å².